The van der Waals surface area contributed by atoms with Crippen LogP contribution in [0.1, 0.15) is 27.0 Å². The molecular weight excluding hydrogens is 374 g/mol. The summed E-state index contributed by atoms with van der Waals surface area (Å²) in [6, 6.07) is 5.14. The molecule has 1 saturated heterocycles. The van der Waals surface area contributed by atoms with Gasteiger partial charge in [0.2, 0.25) is 12.2 Å². The molecule has 0 aromatic carbocycles. The van der Waals surface area contributed by atoms with Gasteiger partial charge in [0.1, 0.15) is 0 Å². The Balaban J connectivity index is 2.56. The van der Waals surface area contributed by atoms with Gasteiger partial charge >= 0.3 is 30.1 Å². The number of pyridine rings is 1. The van der Waals surface area contributed by atoms with E-state index in [9.17, 15) is 19.2 Å². The van der Waals surface area contributed by atoms with Gasteiger partial charge in [-0.2, -0.15) is 4.57 Å². The Kier molecular flexibility index (Phi) is 7.05. The van der Waals surface area contributed by atoms with Gasteiger partial charge in [0.25, 0.3) is 0 Å². The lowest BCUT2D eigenvalue weighted by Crippen LogP contribution is -2.66. The summed E-state index contributed by atoms with van der Waals surface area (Å²) in [5.74, 6) is -2.98. The zero-order chi connectivity index (χ0) is 20.8. The van der Waals surface area contributed by atoms with E-state index in [4.69, 9.17) is 23.7 Å². The Morgan fingerprint density at radius 3 is 1.79 bits per heavy atom. The summed E-state index contributed by atoms with van der Waals surface area (Å²) < 4.78 is 27.9. The Morgan fingerprint density at radius 2 is 1.29 bits per heavy atom. The number of carbonyl (C=O) groups is 4. The van der Waals surface area contributed by atoms with Crippen molar-refractivity contribution in [3.05, 3.63) is 30.6 Å². The molecule has 152 valence electrons. The highest BCUT2D eigenvalue weighted by atomic mass is 16.7. The van der Waals surface area contributed by atoms with Crippen LogP contribution in [0.15, 0.2) is 30.6 Å². The molecular formula is C18H22NO9+. The fourth-order valence-corrected chi connectivity index (χ4v) is 2.92. The van der Waals surface area contributed by atoms with Gasteiger partial charge in [0.05, 0.1) is 7.11 Å². The van der Waals surface area contributed by atoms with Gasteiger partial charge in [-0.15, -0.1) is 0 Å². The van der Waals surface area contributed by atoms with E-state index in [0.29, 0.717) is 0 Å². The van der Waals surface area contributed by atoms with E-state index in [1.54, 1.807) is 30.6 Å². The number of carbonyl (C=O) groups excluding carboxylic acids is 4. The largest absolute Gasteiger partial charge is 0.467 e. The number of ether oxygens (including phenoxy) is 5. The van der Waals surface area contributed by atoms with Crippen LogP contribution >= 0.6 is 0 Å². The molecule has 0 amide bonds. The number of hydrogen-bond donors (Lipinski definition) is 0. The van der Waals surface area contributed by atoms with Gasteiger partial charge < -0.3 is 18.9 Å². The second-order valence-electron chi connectivity index (χ2n) is 6.02. The lowest BCUT2D eigenvalue weighted by Gasteiger charge is -2.40. The Morgan fingerprint density at radius 1 is 0.786 bits per heavy atom. The van der Waals surface area contributed by atoms with Crippen LogP contribution in [-0.4, -0.2) is 55.4 Å². The third-order valence-electron chi connectivity index (χ3n) is 3.89. The van der Waals surface area contributed by atoms with Crippen molar-refractivity contribution in [2.24, 2.45) is 0 Å². The second kappa shape index (κ2) is 9.27. The minimum atomic E-state index is -1.41. The van der Waals surface area contributed by atoms with Crippen molar-refractivity contribution < 1.29 is 47.4 Å². The minimum Gasteiger partial charge on any atom is -0.467 e. The molecule has 2 heterocycles. The topological polar surface area (TPSA) is 118 Å². The summed E-state index contributed by atoms with van der Waals surface area (Å²) in [5, 5.41) is 0. The number of esters is 4. The van der Waals surface area contributed by atoms with Crippen LogP contribution in [0.5, 0.6) is 0 Å². The molecule has 0 spiro atoms. The number of nitrogens with zero attached hydrogens (tertiary/aromatic N) is 1. The molecule has 10 nitrogen and oxygen atoms in total. The lowest BCUT2D eigenvalue weighted by atomic mass is 9.96. The van der Waals surface area contributed by atoms with Crippen molar-refractivity contribution in [3.63, 3.8) is 0 Å². The van der Waals surface area contributed by atoms with Crippen LogP contribution in [0.4, 0.5) is 0 Å². The Labute approximate surface area is 161 Å². The molecule has 1 aliphatic heterocycles. The van der Waals surface area contributed by atoms with E-state index < -0.39 is 54.5 Å². The molecule has 0 N–H and O–H groups in total. The van der Waals surface area contributed by atoms with Crippen LogP contribution in [0.3, 0.4) is 0 Å². The molecule has 0 radical (unpaired) electrons. The fraction of sp³-hybridized carbons (Fsp3) is 0.500. The first kappa shape index (κ1) is 21.3. The van der Waals surface area contributed by atoms with E-state index >= 15 is 0 Å². The summed E-state index contributed by atoms with van der Waals surface area (Å²) in [6.45, 7) is 3.44. The number of rotatable bonds is 5. The third kappa shape index (κ3) is 5.03. The zero-order valence-electron chi connectivity index (χ0n) is 15.9. The first-order valence-electron chi connectivity index (χ1n) is 8.45. The molecule has 1 aromatic heterocycles. The van der Waals surface area contributed by atoms with Gasteiger partial charge in [-0.3, -0.25) is 19.1 Å². The highest BCUT2D eigenvalue weighted by molar-refractivity contribution is 5.77. The minimum absolute atomic E-state index is 0.676. The highest BCUT2D eigenvalue weighted by Crippen LogP contribution is 2.32. The maximum absolute atomic E-state index is 12.3. The average molecular weight is 396 g/mol. The van der Waals surface area contributed by atoms with Crippen molar-refractivity contribution in [1.82, 2.24) is 0 Å². The molecule has 28 heavy (non-hydrogen) atoms. The predicted octanol–water partition coefficient (Wildman–Crippen LogP) is -0.160. The lowest BCUT2D eigenvalue weighted by molar-refractivity contribution is -0.776. The van der Waals surface area contributed by atoms with E-state index in [1.807, 2.05) is 0 Å². The van der Waals surface area contributed by atoms with Crippen LogP contribution < -0.4 is 4.57 Å². The number of methoxy groups -OCH3 is 1. The molecule has 0 bridgehead atoms. The first-order chi connectivity index (χ1) is 13.2. The van der Waals surface area contributed by atoms with Crippen LogP contribution in [0.25, 0.3) is 0 Å². The summed E-state index contributed by atoms with van der Waals surface area (Å²) in [5.41, 5.74) is 0. The third-order valence-corrected chi connectivity index (χ3v) is 3.89. The number of aromatic nitrogens is 1. The fourth-order valence-electron chi connectivity index (χ4n) is 2.92. The SMILES string of the molecule is COC(=O)[C@@H]1O[C@H]([n+]2ccccc2)[C@H](OC(C)=O)[C@H](OC(C)=O)[C@@H]1OC(C)=O. The predicted molar refractivity (Wildman–Crippen MR) is 89.2 cm³/mol. The molecule has 0 saturated carbocycles. The molecule has 10 heteroatoms. The van der Waals surface area contributed by atoms with Gasteiger partial charge in [0.15, 0.2) is 24.6 Å². The van der Waals surface area contributed by atoms with Crippen molar-refractivity contribution in [2.45, 2.75) is 51.4 Å². The van der Waals surface area contributed by atoms with Gasteiger partial charge in [-0.25, -0.2) is 4.79 Å². The smallest absolute Gasteiger partial charge is 0.339 e. The van der Waals surface area contributed by atoms with E-state index in [0.717, 1.165) is 21.0 Å². The Hall–Kier alpha value is -3.01. The quantitative estimate of drug-likeness (QED) is 0.380. The van der Waals surface area contributed by atoms with Crippen LogP contribution in [0, 0.1) is 0 Å². The van der Waals surface area contributed by atoms with E-state index in [1.165, 1.54) is 11.5 Å². The average Bonchev–Trinajstić information content (AvgIpc) is 2.63. The molecule has 1 aromatic rings. The van der Waals surface area contributed by atoms with Gasteiger partial charge in [0, 0.05) is 32.9 Å². The first-order valence-corrected chi connectivity index (χ1v) is 8.45. The summed E-state index contributed by atoms with van der Waals surface area (Å²) >= 11 is 0. The summed E-state index contributed by atoms with van der Waals surface area (Å²) in [7, 11) is 1.14. The molecule has 1 aliphatic rings. The maximum Gasteiger partial charge on any atom is 0.339 e. The van der Waals surface area contributed by atoms with E-state index in [-0.39, 0.29) is 0 Å². The molecule has 5 atom stereocenters. The second-order valence-corrected chi connectivity index (χ2v) is 6.02. The summed E-state index contributed by atoms with van der Waals surface area (Å²) in [4.78, 5) is 47.3. The standard InChI is InChI=1S/C18H22NO9/c1-10(20)25-13-14(26-11(2)21)16(18(23)24-4)28-17(15(13)27-12(3)22)19-8-6-5-7-9-19/h5-9,13-17H,1-4H3/q+1/t13-,14+,15-,16-,17+/m1/s1. The monoisotopic (exact) mass is 396 g/mol. The van der Waals surface area contributed by atoms with Crippen LogP contribution in [0.2, 0.25) is 0 Å². The van der Waals surface area contributed by atoms with Crippen molar-refractivity contribution in [3.8, 4) is 0 Å². The molecule has 1 fully saturated rings. The summed E-state index contributed by atoms with van der Waals surface area (Å²) in [6.07, 6.45) is -3.11. The van der Waals surface area contributed by atoms with Crippen molar-refractivity contribution in [2.75, 3.05) is 7.11 Å². The highest BCUT2D eigenvalue weighted by Gasteiger charge is 2.58. The zero-order valence-corrected chi connectivity index (χ0v) is 15.9. The van der Waals surface area contributed by atoms with Crippen LogP contribution in [-0.2, 0) is 42.9 Å². The number of hydrogen-bond acceptors (Lipinski definition) is 9. The Bertz CT molecular complexity index is 736. The maximum atomic E-state index is 12.3. The molecule has 0 unspecified atom stereocenters. The van der Waals surface area contributed by atoms with Gasteiger partial charge in [-0.1, -0.05) is 6.07 Å². The van der Waals surface area contributed by atoms with E-state index in [2.05, 4.69) is 0 Å². The van der Waals surface area contributed by atoms with Crippen molar-refractivity contribution >= 4 is 23.9 Å². The molecule has 0 aliphatic carbocycles. The molecule has 2 rings (SSSR count). The van der Waals surface area contributed by atoms with Gasteiger partial charge in [-0.05, 0) is 0 Å². The normalized spacial score (nSPS) is 26.6. The van der Waals surface area contributed by atoms with Crippen molar-refractivity contribution in [1.29, 1.82) is 0 Å².